The highest BCUT2D eigenvalue weighted by Crippen LogP contribution is 2.77. The Morgan fingerprint density at radius 3 is 2.50 bits per heavy atom. The standard InChI is InChI=1S/C35H48N2O3/c1-8-35-18-17-34(20-38)16-11-22(21(2)3)29(34)24(35)9-10-28-32(6)14-12-23(25-19-26(30(39)40)37-36-25)31(4,5)27(32)13-15-33(28,35)7/h1,12,19,22,24,27-29,38H,2,9-11,13-18,20H2,3-7H3,(H,36,37)(H,39,40). The van der Waals surface area contributed by atoms with Crippen LogP contribution in [0.4, 0.5) is 0 Å². The van der Waals surface area contributed by atoms with Gasteiger partial charge in [0.15, 0.2) is 0 Å². The van der Waals surface area contributed by atoms with Gasteiger partial charge in [0, 0.05) is 12.0 Å². The zero-order chi connectivity index (χ0) is 28.9. The third-order valence-corrected chi connectivity index (χ3v) is 13.9. The zero-order valence-corrected chi connectivity index (χ0v) is 25.1. The molecule has 3 N–H and O–H groups in total. The summed E-state index contributed by atoms with van der Waals surface area (Å²) in [6.07, 6.45) is 18.9. The van der Waals surface area contributed by atoms with Crippen molar-refractivity contribution in [2.75, 3.05) is 6.61 Å². The molecule has 5 aliphatic carbocycles. The monoisotopic (exact) mass is 544 g/mol. The number of aliphatic hydroxyl groups is 1. The lowest BCUT2D eigenvalue weighted by molar-refractivity contribution is -0.212. The Bertz CT molecular complexity index is 1320. The molecule has 4 saturated carbocycles. The average Bonchev–Trinajstić information content (AvgIpc) is 3.54. The molecule has 0 spiro atoms. The Hall–Kier alpha value is -2.32. The quantitative estimate of drug-likeness (QED) is 0.273. The summed E-state index contributed by atoms with van der Waals surface area (Å²) in [5, 5.41) is 27.4. The summed E-state index contributed by atoms with van der Waals surface area (Å²) in [5.74, 6) is 4.89. The zero-order valence-electron chi connectivity index (χ0n) is 25.1. The maximum Gasteiger partial charge on any atom is 0.353 e. The highest BCUT2D eigenvalue weighted by atomic mass is 16.4. The maximum absolute atomic E-state index is 11.5. The number of aromatic amines is 1. The van der Waals surface area contributed by atoms with Gasteiger partial charge in [0.1, 0.15) is 5.69 Å². The van der Waals surface area contributed by atoms with Gasteiger partial charge in [-0.2, -0.15) is 5.10 Å². The van der Waals surface area contributed by atoms with Crippen LogP contribution in [0.5, 0.6) is 0 Å². The Kier molecular flexibility index (Phi) is 6.15. The molecule has 216 valence electrons. The van der Waals surface area contributed by atoms with Crippen LogP contribution in [-0.2, 0) is 0 Å². The highest BCUT2D eigenvalue weighted by Gasteiger charge is 2.71. The molecule has 0 aliphatic heterocycles. The first-order chi connectivity index (χ1) is 18.8. The van der Waals surface area contributed by atoms with Crippen molar-refractivity contribution in [3.05, 3.63) is 35.7 Å². The summed E-state index contributed by atoms with van der Waals surface area (Å²) in [7, 11) is 0. The molecular weight excluding hydrogens is 496 g/mol. The van der Waals surface area contributed by atoms with Gasteiger partial charge in [0.2, 0.25) is 0 Å². The van der Waals surface area contributed by atoms with Crippen molar-refractivity contribution in [1.29, 1.82) is 0 Å². The Balaban J connectivity index is 1.40. The van der Waals surface area contributed by atoms with Crippen molar-refractivity contribution in [3.8, 4) is 12.3 Å². The van der Waals surface area contributed by atoms with Crippen molar-refractivity contribution in [2.24, 2.45) is 56.7 Å². The van der Waals surface area contributed by atoms with E-state index in [2.05, 4.69) is 63.4 Å². The van der Waals surface area contributed by atoms with E-state index in [0.29, 0.717) is 29.6 Å². The van der Waals surface area contributed by atoms with Crippen molar-refractivity contribution in [1.82, 2.24) is 10.2 Å². The van der Waals surface area contributed by atoms with E-state index in [1.807, 2.05) is 0 Å². The first-order valence-electron chi connectivity index (χ1n) is 15.5. The topological polar surface area (TPSA) is 86.2 Å². The molecule has 40 heavy (non-hydrogen) atoms. The van der Waals surface area contributed by atoms with E-state index in [4.69, 9.17) is 6.42 Å². The van der Waals surface area contributed by atoms with Crippen LogP contribution in [0.25, 0.3) is 5.57 Å². The molecular formula is C35H48N2O3. The Morgan fingerprint density at radius 1 is 1.12 bits per heavy atom. The van der Waals surface area contributed by atoms with E-state index in [-0.39, 0.29) is 39.4 Å². The molecule has 6 rings (SSSR count). The lowest BCUT2D eigenvalue weighted by atomic mass is 9.32. The number of carbonyl (C=O) groups is 1. The number of H-pyrrole nitrogens is 1. The van der Waals surface area contributed by atoms with E-state index in [1.54, 1.807) is 6.07 Å². The second-order valence-corrected chi connectivity index (χ2v) is 15.4. The lowest BCUT2D eigenvalue weighted by Crippen LogP contribution is -2.66. The van der Waals surface area contributed by atoms with Crippen LogP contribution in [0.2, 0.25) is 0 Å². The van der Waals surface area contributed by atoms with Crippen molar-refractivity contribution < 1.29 is 15.0 Å². The van der Waals surface area contributed by atoms with E-state index in [0.717, 1.165) is 57.1 Å². The Morgan fingerprint density at radius 2 is 1.88 bits per heavy atom. The second kappa shape index (κ2) is 8.84. The number of rotatable bonds is 4. The summed E-state index contributed by atoms with van der Waals surface area (Å²) < 4.78 is 0. The molecule has 1 heterocycles. The normalized spacial score (nSPS) is 45.2. The molecule has 0 amide bonds. The van der Waals surface area contributed by atoms with Crippen LogP contribution in [-0.4, -0.2) is 33.0 Å². The maximum atomic E-state index is 11.5. The van der Waals surface area contributed by atoms with Gasteiger partial charge < -0.3 is 10.2 Å². The number of hydrogen-bond acceptors (Lipinski definition) is 3. The van der Waals surface area contributed by atoms with Gasteiger partial charge in [-0.1, -0.05) is 51.8 Å². The minimum atomic E-state index is -0.976. The fourth-order valence-electron chi connectivity index (χ4n) is 12.1. The number of fused-ring (bicyclic) bond motifs is 7. The van der Waals surface area contributed by atoms with Gasteiger partial charge in [-0.15, -0.1) is 6.42 Å². The van der Waals surface area contributed by atoms with Gasteiger partial charge in [-0.05, 0) is 128 Å². The van der Waals surface area contributed by atoms with Crippen LogP contribution in [0.15, 0.2) is 24.3 Å². The number of aromatic carboxylic acids is 1. The molecule has 0 bridgehead atoms. The molecule has 0 saturated heterocycles. The largest absolute Gasteiger partial charge is 0.477 e. The second-order valence-electron chi connectivity index (χ2n) is 15.4. The number of aromatic nitrogens is 2. The lowest BCUT2D eigenvalue weighted by Gasteiger charge is -2.71. The fraction of sp³-hybridized carbons (Fsp3) is 0.714. The van der Waals surface area contributed by atoms with Gasteiger partial charge in [0.05, 0.1) is 5.69 Å². The molecule has 1 aromatic heterocycles. The highest BCUT2D eigenvalue weighted by molar-refractivity contribution is 5.86. The molecule has 5 aliphatic rings. The van der Waals surface area contributed by atoms with E-state index < -0.39 is 5.97 Å². The summed E-state index contributed by atoms with van der Waals surface area (Å²) >= 11 is 0. The number of aliphatic hydroxyl groups excluding tert-OH is 1. The molecule has 0 radical (unpaired) electrons. The van der Waals surface area contributed by atoms with Crippen molar-refractivity contribution >= 4 is 11.5 Å². The van der Waals surface area contributed by atoms with Crippen LogP contribution in [0.3, 0.4) is 0 Å². The summed E-state index contributed by atoms with van der Waals surface area (Å²) in [4.78, 5) is 11.5. The SMILES string of the molecule is C#CC12CCC3(CO)CCC(C(=C)C)C3C1CCC1C3(C)CC=C(c4cc(C(=O)O)[nH]n4)C(C)(C)C3CCC12C. The van der Waals surface area contributed by atoms with Gasteiger partial charge in [-0.3, -0.25) is 5.10 Å². The molecule has 9 unspecified atom stereocenters. The molecule has 4 fully saturated rings. The molecule has 0 aromatic carbocycles. The number of nitrogens with zero attached hydrogens (tertiary/aromatic N) is 1. The smallest absolute Gasteiger partial charge is 0.353 e. The van der Waals surface area contributed by atoms with Crippen LogP contribution in [0.1, 0.15) is 109 Å². The van der Waals surface area contributed by atoms with E-state index >= 15 is 0 Å². The number of carboxylic acid groups (broad SMARTS) is 1. The summed E-state index contributed by atoms with van der Waals surface area (Å²) in [5.41, 5.74) is 3.21. The third kappa shape index (κ3) is 3.32. The molecule has 1 aromatic rings. The Labute approximate surface area is 240 Å². The van der Waals surface area contributed by atoms with Gasteiger partial charge in [-0.25, -0.2) is 4.79 Å². The van der Waals surface area contributed by atoms with Crippen molar-refractivity contribution in [2.45, 2.75) is 92.4 Å². The average molecular weight is 545 g/mol. The minimum Gasteiger partial charge on any atom is -0.477 e. The van der Waals surface area contributed by atoms with Gasteiger partial charge >= 0.3 is 5.97 Å². The van der Waals surface area contributed by atoms with Crippen molar-refractivity contribution in [3.63, 3.8) is 0 Å². The number of nitrogens with one attached hydrogen (secondary N) is 1. The molecule has 5 nitrogen and oxygen atoms in total. The first kappa shape index (κ1) is 27.8. The minimum absolute atomic E-state index is 0.00175. The predicted molar refractivity (Wildman–Crippen MR) is 158 cm³/mol. The molecule has 5 heteroatoms. The van der Waals surface area contributed by atoms with Gasteiger partial charge in [0.25, 0.3) is 0 Å². The summed E-state index contributed by atoms with van der Waals surface area (Å²) in [6, 6.07) is 1.69. The fourth-order valence-corrected chi connectivity index (χ4v) is 12.1. The van der Waals surface area contributed by atoms with Crippen LogP contribution in [0, 0.1) is 69.0 Å². The van der Waals surface area contributed by atoms with E-state index in [9.17, 15) is 15.0 Å². The van der Waals surface area contributed by atoms with E-state index in [1.165, 1.54) is 17.6 Å². The predicted octanol–water partition coefficient (Wildman–Crippen LogP) is 7.36. The number of allylic oxidation sites excluding steroid dienone is 3. The third-order valence-electron chi connectivity index (χ3n) is 13.9. The summed E-state index contributed by atoms with van der Waals surface area (Å²) in [6.45, 7) is 16.6. The number of terminal acetylenes is 1. The number of carboxylic acids is 1. The number of hydrogen-bond donors (Lipinski definition) is 3. The first-order valence-corrected chi connectivity index (χ1v) is 15.5. The van der Waals surface area contributed by atoms with Crippen LogP contribution >= 0.6 is 0 Å². The van der Waals surface area contributed by atoms with Crippen LogP contribution < -0.4 is 0 Å². The molecule has 9 atom stereocenters.